The molecule has 0 radical (unpaired) electrons. The second kappa shape index (κ2) is 8.40. The van der Waals surface area contributed by atoms with Crippen LogP contribution in [0.5, 0.6) is 0 Å². The summed E-state index contributed by atoms with van der Waals surface area (Å²) in [5.74, 6) is 0.0410. The fourth-order valence-electron chi connectivity index (χ4n) is 3.39. The van der Waals surface area contributed by atoms with Gasteiger partial charge in [0, 0.05) is 5.56 Å². The van der Waals surface area contributed by atoms with E-state index < -0.39 is 0 Å². The minimum absolute atomic E-state index is 0.214. The Hall–Kier alpha value is -3.99. The number of hydrogen-bond donors (Lipinski definition) is 1. The van der Waals surface area contributed by atoms with Crippen molar-refractivity contribution in [1.82, 2.24) is 9.78 Å². The van der Waals surface area contributed by atoms with E-state index in [1.165, 1.54) is 0 Å². The summed E-state index contributed by atoms with van der Waals surface area (Å²) in [5, 5.41) is 7.47. The Morgan fingerprint density at radius 2 is 1.39 bits per heavy atom. The average molecular weight is 409 g/mol. The fraction of sp³-hybridized carbons (Fsp3) is 0.115. The molecule has 0 fully saturated rings. The van der Waals surface area contributed by atoms with E-state index in [1.54, 1.807) is 23.7 Å². The minimum Gasteiger partial charge on any atom is -0.306 e. The third kappa shape index (κ3) is 4.16. The highest BCUT2D eigenvalue weighted by atomic mass is 16.2. The standard InChI is InChI=1S/C26H23N3O2/c1-17-9-13-21(14-10-17)26(31)27-25-23(20-7-5-4-6-8-20)24(30)19(3)28-29(25)22-15-11-18(2)12-16-22/h4-16H,1-3H3,(H,27,31). The topological polar surface area (TPSA) is 64.0 Å². The van der Waals surface area contributed by atoms with E-state index in [9.17, 15) is 9.59 Å². The molecule has 5 nitrogen and oxygen atoms in total. The quantitative estimate of drug-likeness (QED) is 0.511. The van der Waals surface area contributed by atoms with Gasteiger partial charge in [0.2, 0.25) is 5.43 Å². The number of carbonyl (C=O) groups is 1. The Morgan fingerprint density at radius 1 is 0.806 bits per heavy atom. The number of nitrogens with one attached hydrogen (secondary N) is 1. The zero-order valence-electron chi connectivity index (χ0n) is 17.7. The lowest BCUT2D eigenvalue weighted by Crippen LogP contribution is -2.25. The molecule has 0 aliphatic rings. The lowest BCUT2D eigenvalue weighted by molar-refractivity contribution is 0.102. The van der Waals surface area contributed by atoms with Gasteiger partial charge >= 0.3 is 0 Å². The third-order valence-corrected chi connectivity index (χ3v) is 5.14. The van der Waals surface area contributed by atoms with Gasteiger partial charge in [-0.2, -0.15) is 5.10 Å². The number of anilines is 1. The van der Waals surface area contributed by atoms with Crippen molar-refractivity contribution in [3.05, 3.63) is 111 Å². The van der Waals surface area contributed by atoms with Crippen LogP contribution in [0.2, 0.25) is 0 Å². The van der Waals surface area contributed by atoms with Gasteiger partial charge in [0.25, 0.3) is 5.91 Å². The van der Waals surface area contributed by atoms with Crippen molar-refractivity contribution in [1.29, 1.82) is 0 Å². The Morgan fingerprint density at radius 3 is 2.00 bits per heavy atom. The number of aromatic nitrogens is 2. The highest BCUT2D eigenvalue weighted by Gasteiger charge is 2.20. The SMILES string of the molecule is Cc1ccc(C(=O)Nc2c(-c3ccccc3)c(=O)c(C)nn2-c2ccc(C)cc2)cc1. The second-order valence-electron chi connectivity index (χ2n) is 7.57. The molecule has 0 aliphatic carbocycles. The van der Waals surface area contributed by atoms with E-state index in [-0.39, 0.29) is 11.3 Å². The predicted octanol–water partition coefficient (Wildman–Crippen LogP) is 5.08. The number of amides is 1. The summed E-state index contributed by atoms with van der Waals surface area (Å²) in [6.07, 6.45) is 0. The van der Waals surface area contributed by atoms with Crippen molar-refractivity contribution < 1.29 is 4.79 Å². The molecule has 1 heterocycles. The van der Waals surface area contributed by atoms with Gasteiger partial charge in [-0.3, -0.25) is 9.59 Å². The number of benzene rings is 3. The van der Waals surface area contributed by atoms with Gasteiger partial charge in [0.05, 0.1) is 11.3 Å². The average Bonchev–Trinajstić information content (AvgIpc) is 2.78. The summed E-state index contributed by atoms with van der Waals surface area (Å²) in [6, 6.07) is 24.4. The third-order valence-electron chi connectivity index (χ3n) is 5.14. The largest absolute Gasteiger partial charge is 0.306 e. The summed E-state index contributed by atoms with van der Waals surface area (Å²) >= 11 is 0. The number of nitrogens with zero attached hydrogens (tertiary/aromatic N) is 2. The molecule has 0 bridgehead atoms. The molecule has 0 saturated heterocycles. The van der Waals surface area contributed by atoms with Gasteiger partial charge in [0.15, 0.2) is 0 Å². The van der Waals surface area contributed by atoms with Crippen LogP contribution in [0.3, 0.4) is 0 Å². The molecular weight excluding hydrogens is 386 g/mol. The number of aryl methyl sites for hydroxylation is 3. The number of carbonyl (C=O) groups excluding carboxylic acids is 1. The molecule has 154 valence electrons. The smallest absolute Gasteiger partial charge is 0.256 e. The molecule has 0 aliphatic heterocycles. The van der Waals surface area contributed by atoms with Crippen molar-refractivity contribution in [3.63, 3.8) is 0 Å². The zero-order valence-corrected chi connectivity index (χ0v) is 17.7. The Labute approximate surface area is 181 Å². The highest BCUT2D eigenvalue weighted by Crippen LogP contribution is 2.27. The van der Waals surface area contributed by atoms with Crippen LogP contribution in [0.15, 0.2) is 83.7 Å². The van der Waals surface area contributed by atoms with Crippen LogP contribution >= 0.6 is 0 Å². The highest BCUT2D eigenvalue weighted by molar-refractivity contribution is 6.05. The van der Waals surface area contributed by atoms with E-state index in [2.05, 4.69) is 10.4 Å². The van der Waals surface area contributed by atoms with Crippen molar-refractivity contribution in [2.45, 2.75) is 20.8 Å². The molecule has 0 spiro atoms. The molecule has 4 rings (SSSR count). The molecular formula is C26H23N3O2. The minimum atomic E-state index is -0.303. The van der Waals surface area contributed by atoms with E-state index in [0.717, 1.165) is 22.4 Å². The molecule has 0 atom stereocenters. The Balaban J connectivity index is 1.94. The first kappa shape index (κ1) is 20.3. The van der Waals surface area contributed by atoms with Crippen molar-refractivity contribution in [2.24, 2.45) is 0 Å². The maximum absolute atomic E-state index is 13.2. The molecule has 31 heavy (non-hydrogen) atoms. The normalized spacial score (nSPS) is 10.7. The van der Waals surface area contributed by atoms with E-state index in [1.807, 2.05) is 80.6 Å². The van der Waals surface area contributed by atoms with Gasteiger partial charge < -0.3 is 5.32 Å². The van der Waals surface area contributed by atoms with E-state index in [0.29, 0.717) is 22.6 Å². The van der Waals surface area contributed by atoms with Crippen molar-refractivity contribution in [2.75, 3.05) is 5.32 Å². The van der Waals surface area contributed by atoms with E-state index >= 15 is 0 Å². The monoisotopic (exact) mass is 409 g/mol. The van der Waals surface area contributed by atoms with Gasteiger partial charge in [-0.15, -0.1) is 0 Å². The molecule has 0 saturated carbocycles. The molecule has 1 aromatic heterocycles. The summed E-state index contributed by atoms with van der Waals surface area (Å²) in [6.45, 7) is 5.66. The Bertz CT molecular complexity index is 1290. The summed E-state index contributed by atoms with van der Waals surface area (Å²) in [7, 11) is 0. The Kier molecular flexibility index (Phi) is 5.50. The van der Waals surface area contributed by atoms with Crippen molar-refractivity contribution >= 4 is 11.7 Å². The first-order valence-electron chi connectivity index (χ1n) is 10.1. The number of hydrogen-bond acceptors (Lipinski definition) is 3. The van der Waals surface area contributed by atoms with Crippen LogP contribution in [-0.4, -0.2) is 15.7 Å². The van der Waals surface area contributed by atoms with Gasteiger partial charge in [0.1, 0.15) is 11.5 Å². The summed E-state index contributed by atoms with van der Waals surface area (Å²) in [4.78, 5) is 26.3. The summed E-state index contributed by atoms with van der Waals surface area (Å²) < 4.78 is 1.63. The maximum atomic E-state index is 13.2. The molecule has 5 heteroatoms. The zero-order chi connectivity index (χ0) is 22.0. The lowest BCUT2D eigenvalue weighted by atomic mass is 10.0. The van der Waals surface area contributed by atoms with Crippen LogP contribution in [0, 0.1) is 20.8 Å². The van der Waals surface area contributed by atoms with Crippen LogP contribution in [0.1, 0.15) is 27.2 Å². The molecule has 3 aromatic carbocycles. The van der Waals surface area contributed by atoms with Crippen molar-refractivity contribution in [3.8, 4) is 16.8 Å². The summed E-state index contributed by atoms with van der Waals surface area (Å²) in [5.41, 5.74) is 4.71. The molecule has 1 amide bonds. The first-order chi connectivity index (χ1) is 14.9. The maximum Gasteiger partial charge on any atom is 0.256 e. The lowest BCUT2D eigenvalue weighted by Gasteiger charge is -2.18. The van der Waals surface area contributed by atoms with Crippen LogP contribution < -0.4 is 10.7 Å². The van der Waals surface area contributed by atoms with Gasteiger partial charge in [-0.05, 0) is 50.6 Å². The number of rotatable bonds is 4. The van der Waals surface area contributed by atoms with Crippen LogP contribution in [0.4, 0.5) is 5.82 Å². The first-order valence-corrected chi connectivity index (χ1v) is 10.1. The molecule has 4 aromatic rings. The second-order valence-corrected chi connectivity index (χ2v) is 7.57. The van der Waals surface area contributed by atoms with E-state index in [4.69, 9.17) is 0 Å². The fourth-order valence-corrected chi connectivity index (χ4v) is 3.39. The predicted molar refractivity (Wildman–Crippen MR) is 124 cm³/mol. The molecule has 1 N–H and O–H groups in total. The van der Waals surface area contributed by atoms with Crippen LogP contribution in [-0.2, 0) is 0 Å². The van der Waals surface area contributed by atoms with Crippen LogP contribution in [0.25, 0.3) is 16.8 Å². The van der Waals surface area contributed by atoms with Gasteiger partial charge in [-0.1, -0.05) is 65.7 Å². The van der Waals surface area contributed by atoms with Gasteiger partial charge in [-0.25, -0.2) is 4.68 Å². The molecule has 0 unspecified atom stereocenters.